The Hall–Kier alpha value is -4.91. The molecule has 0 radical (unpaired) electrons. The minimum Gasteiger partial charge on any atom is -0.566 e. The summed E-state index contributed by atoms with van der Waals surface area (Å²) in [6.07, 6.45) is -0.776. The molecule has 2 N–H and O–H groups in total. The smallest absolute Gasteiger partial charge is 0.488 e. The topological polar surface area (TPSA) is 166 Å². The van der Waals surface area contributed by atoms with E-state index >= 15 is 0 Å². The van der Waals surface area contributed by atoms with Crippen molar-refractivity contribution in [2.45, 2.75) is 51.2 Å². The molecule has 3 aromatic carbocycles. The molecule has 0 aliphatic carbocycles. The highest BCUT2D eigenvalue weighted by atomic mass is 31.1. The molecule has 13 nitrogen and oxygen atoms in total. The van der Waals surface area contributed by atoms with Crippen LogP contribution < -0.4 is 25.2 Å². The quantitative estimate of drug-likeness (QED) is 0.120. The molecule has 0 spiro atoms. The third kappa shape index (κ3) is 7.30. The first-order valence-corrected chi connectivity index (χ1v) is 17.5. The van der Waals surface area contributed by atoms with E-state index in [1.807, 2.05) is 78.9 Å². The lowest BCUT2D eigenvalue weighted by molar-refractivity contribution is -0.192. The molecule has 1 saturated heterocycles. The maximum Gasteiger partial charge on any atom is 0.488 e. The number of methoxy groups -OCH3 is 2. The number of hydrogen-bond donors (Lipinski definition) is 2. The Labute approximate surface area is 295 Å². The van der Waals surface area contributed by atoms with Gasteiger partial charge in [0.15, 0.2) is 5.65 Å². The van der Waals surface area contributed by atoms with E-state index < -0.39 is 37.9 Å². The molecule has 1 aliphatic heterocycles. The molecule has 1 amide bonds. The molecule has 6 rings (SSSR count). The van der Waals surface area contributed by atoms with Crippen molar-refractivity contribution >= 4 is 31.1 Å². The van der Waals surface area contributed by atoms with Gasteiger partial charge in [-0.3, -0.25) is 19.9 Å². The van der Waals surface area contributed by atoms with Crippen LogP contribution >= 0.6 is 8.25 Å². The first kappa shape index (κ1) is 35.9. The van der Waals surface area contributed by atoms with Crippen LogP contribution in [-0.4, -0.2) is 53.5 Å². The number of carbonyl (C=O) groups is 1. The maximum absolute atomic E-state index is 13.1. The van der Waals surface area contributed by atoms with Crippen LogP contribution in [0.1, 0.15) is 48.8 Å². The molecule has 1 unspecified atom stereocenters. The summed E-state index contributed by atoms with van der Waals surface area (Å²) in [5.74, 6) is 0.664. The monoisotopic (exact) mass is 714 g/mol. The molecule has 1 aliphatic rings. The van der Waals surface area contributed by atoms with Gasteiger partial charge in [-0.15, -0.1) is 4.52 Å². The van der Waals surface area contributed by atoms with Gasteiger partial charge in [0.05, 0.1) is 26.2 Å². The molecule has 2 aromatic heterocycles. The summed E-state index contributed by atoms with van der Waals surface area (Å²) < 4.78 is 43.5. The Morgan fingerprint density at radius 2 is 1.61 bits per heavy atom. The van der Waals surface area contributed by atoms with Crippen molar-refractivity contribution in [3.8, 4) is 11.5 Å². The molecule has 3 heterocycles. The average Bonchev–Trinajstić information content (AvgIpc) is 3.68. The van der Waals surface area contributed by atoms with Gasteiger partial charge in [0.1, 0.15) is 35.5 Å². The Morgan fingerprint density at radius 1 is 1.02 bits per heavy atom. The number of aromatic nitrogens is 3. The number of nitrogens with zero attached hydrogens (tertiary/aromatic N) is 2. The van der Waals surface area contributed by atoms with Crippen LogP contribution in [0.2, 0.25) is 0 Å². The van der Waals surface area contributed by atoms with E-state index in [-0.39, 0.29) is 36.4 Å². The number of aromatic amines is 1. The highest BCUT2D eigenvalue weighted by Crippen LogP contribution is 2.44. The molecule has 4 atom stereocenters. The van der Waals surface area contributed by atoms with Crippen molar-refractivity contribution in [3.05, 3.63) is 118 Å². The Bertz CT molecular complexity index is 2020. The van der Waals surface area contributed by atoms with Crippen molar-refractivity contribution in [3.63, 3.8) is 0 Å². The third-order valence-electron chi connectivity index (χ3n) is 8.99. The molecular formula is C37H39N4O9P. The van der Waals surface area contributed by atoms with E-state index in [1.165, 1.54) is 0 Å². The normalized spacial score (nSPS) is 17.9. The lowest BCUT2D eigenvalue weighted by Crippen LogP contribution is -2.38. The second-order valence-corrected chi connectivity index (χ2v) is 13.2. The Kier molecular flexibility index (Phi) is 10.7. The van der Waals surface area contributed by atoms with Crippen LogP contribution in [0.4, 0.5) is 5.95 Å². The summed E-state index contributed by atoms with van der Waals surface area (Å²) >= 11 is 0. The minimum atomic E-state index is -3.25. The Morgan fingerprint density at radius 3 is 2.16 bits per heavy atom. The van der Waals surface area contributed by atoms with Gasteiger partial charge in [0.25, 0.3) is 5.56 Å². The summed E-state index contributed by atoms with van der Waals surface area (Å²) in [7, 11) is -0.0642. The fourth-order valence-electron chi connectivity index (χ4n) is 6.40. The minimum absolute atomic E-state index is 0.00880. The molecule has 0 saturated carbocycles. The van der Waals surface area contributed by atoms with Gasteiger partial charge in [-0.1, -0.05) is 68.4 Å². The van der Waals surface area contributed by atoms with Crippen LogP contribution in [0.5, 0.6) is 11.5 Å². The van der Waals surface area contributed by atoms with E-state index in [1.54, 1.807) is 45.8 Å². The standard InChI is InChI=1S/C37H39N4O9P/c1-22(2)34(42)39-36-38-33-32(35(43)40-36)23(3)20-41(33)31-19-29(50-51(44)45)30(49-31)21-48-37(24-9-7-6-8-10-24,25-11-15-27(46-4)16-12-25)26-13-17-28(47-5)18-14-26/h6-18,20,22,29-31H,19,21H2,1-5H3,(H2,38,39,40,42,43)/t29-,30+,31+/m0/s1. The molecule has 0 bridgehead atoms. The fraction of sp³-hybridized carbons (Fsp3) is 0.324. The zero-order chi connectivity index (χ0) is 36.3. The summed E-state index contributed by atoms with van der Waals surface area (Å²) in [5.41, 5.74) is 1.64. The number of H-pyrrole nitrogens is 1. The number of amides is 1. The van der Waals surface area contributed by atoms with E-state index in [9.17, 15) is 19.0 Å². The van der Waals surface area contributed by atoms with Crippen molar-refractivity contribution in [1.29, 1.82) is 0 Å². The number of carbonyl (C=O) groups excluding carboxylic acids is 1. The van der Waals surface area contributed by atoms with Crippen LogP contribution in [0.3, 0.4) is 0 Å². The van der Waals surface area contributed by atoms with Gasteiger partial charge >= 0.3 is 8.25 Å². The van der Waals surface area contributed by atoms with Crippen molar-refractivity contribution in [2.24, 2.45) is 5.92 Å². The second kappa shape index (κ2) is 15.1. The van der Waals surface area contributed by atoms with E-state index in [4.69, 9.17) is 23.5 Å². The molecule has 266 valence electrons. The Balaban J connectivity index is 1.40. The van der Waals surface area contributed by atoms with E-state index in [2.05, 4.69) is 15.3 Å². The number of benzene rings is 3. The maximum atomic E-state index is 13.1. The van der Waals surface area contributed by atoms with Crippen LogP contribution in [0, 0.1) is 12.8 Å². The molecule has 5 aromatic rings. The SMILES string of the molecule is COc1ccc(C(OC[C@H]2O[C@@H](n3cc(C)c4c(=O)[nH]c(NC(=O)C(C)C)nc43)C[C@@H]2O[P+](=O)[O-])(c2ccccc2)c2ccc(OC)cc2)cc1. The number of hydrogen-bond acceptors (Lipinski definition) is 10. The molecule has 51 heavy (non-hydrogen) atoms. The van der Waals surface area contributed by atoms with Crippen LogP contribution in [0.25, 0.3) is 11.0 Å². The highest BCUT2D eigenvalue weighted by Gasteiger charge is 2.45. The number of rotatable bonds is 13. The van der Waals surface area contributed by atoms with Crippen molar-refractivity contribution < 1.29 is 37.7 Å². The number of fused-ring (bicyclic) bond motifs is 1. The highest BCUT2D eigenvalue weighted by molar-refractivity contribution is 7.30. The van der Waals surface area contributed by atoms with Gasteiger partial charge in [-0.2, -0.15) is 4.98 Å². The molecule has 14 heteroatoms. The van der Waals surface area contributed by atoms with Crippen LogP contribution in [0.15, 0.2) is 89.9 Å². The second-order valence-electron chi connectivity index (χ2n) is 12.5. The van der Waals surface area contributed by atoms with Gasteiger partial charge in [-0.05, 0) is 58.0 Å². The zero-order valence-electron chi connectivity index (χ0n) is 28.8. The largest absolute Gasteiger partial charge is 0.566 e. The summed E-state index contributed by atoms with van der Waals surface area (Å²) in [5, 5.41) is 2.96. The molecular weight excluding hydrogens is 675 g/mol. The zero-order valence-corrected chi connectivity index (χ0v) is 29.7. The lowest BCUT2D eigenvalue weighted by Gasteiger charge is -2.37. The van der Waals surface area contributed by atoms with Gasteiger partial charge in [0.2, 0.25) is 11.9 Å². The number of nitrogens with one attached hydrogen (secondary N) is 2. The summed E-state index contributed by atoms with van der Waals surface area (Å²) in [4.78, 5) is 44.7. The number of aryl methyl sites for hydroxylation is 1. The predicted molar refractivity (Wildman–Crippen MR) is 188 cm³/mol. The molecule has 1 fully saturated rings. The average molecular weight is 715 g/mol. The first-order chi connectivity index (χ1) is 24.5. The first-order valence-electron chi connectivity index (χ1n) is 16.4. The number of ether oxygens (including phenoxy) is 4. The summed E-state index contributed by atoms with van der Waals surface area (Å²) in [6, 6.07) is 24.8. The number of anilines is 1. The van der Waals surface area contributed by atoms with Gasteiger partial charge < -0.3 is 28.4 Å². The summed E-state index contributed by atoms with van der Waals surface area (Å²) in [6.45, 7) is 5.12. The van der Waals surface area contributed by atoms with Gasteiger partial charge in [-0.25, -0.2) is 0 Å². The van der Waals surface area contributed by atoms with Crippen molar-refractivity contribution in [1.82, 2.24) is 14.5 Å². The van der Waals surface area contributed by atoms with E-state index in [0.29, 0.717) is 22.4 Å². The lowest BCUT2D eigenvalue weighted by atomic mass is 9.80. The predicted octanol–water partition coefficient (Wildman–Crippen LogP) is 5.34. The van der Waals surface area contributed by atoms with E-state index in [0.717, 1.165) is 16.7 Å². The van der Waals surface area contributed by atoms with Crippen LogP contribution in [-0.2, 0) is 29.0 Å². The third-order valence-corrected chi connectivity index (χ3v) is 9.43. The van der Waals surface area contributed by atoms with Crippen molar-refractivity contribution in [2.75, 3.05) is 26.1 Å². The van der Waals surface area contributed by atoms with Gasteiger partial charge in [0, 0.05) is 18.5 Å². The fourth-order valence-corrected chi connectivity index (χ4v) is 6.84.